The number of nitrogens with zero attached hydrogens (tertiary/aromatic N) is 2. The van der Waals surface area contributed by atoms with Crippen LogP contribution < -0.4 is 21.3 Å². The maximum Gasteiger partial charge on any atom is 0.274 e. The minimum absolute atomic E-state index is 0.0505. The third-order valence-electron chi connectivity index (χ3n) is 5.13. The Hall–Kier alpha value is -3.40. The molecular formula is C23H22ClFN6O2. The molecule has 1 aliphatic heterocycles. The summed E-state index contributed by atoms with van der Waals surface area (Å²) in [6, 6.07) is 10.2. The second kappa shape index (κ2) is 10.5. The molecule has 1 aromatic carbocycles. The number of aromatic nitrogens is 2. The van der Waals surface area contributed by atoms with Crippen LogP contribution in [0.2, 0.25) is 5.02 Å². The van der Waals surface area contributed by atoms with E-state index in [9.17, 15) is 14.0 Å². The number of carbonyl (C=O) groups is 2. The van der Waals surface area contributed by atoms with Gasteiger partial charge in [-0.1, -0.05) is 17.7 Å². The Morgan fingerprint density at radius 3 is 2.64 bits per heavy atom. The van der Waals surface area contributed by atoms with Crippen molar-refractivity contribution in [1.82, 2.24) is 20.6 Å². The summed E-state index contributed by atoms with van der Waals surface area (Å²) in [5.41, 5.74) is 1.24. The van der Waals surface area contributed by atoms with Crippen LogP contribution in [-0.2, 0) is 0 Å². The topological polar surface area (TPSA) is 108 Å². The quantitative estimate of drug-likeness (QED) is 0.457. The monoisotopic (exact) mass is 468 g/mol. The molecule has 170 valence electrons. The summed E-state index contributed by atoms with van der Waals surface area (Å²) < 4.78 is 13.9. The van der Waals surface area contributed by atoms with Crippen LogP contribution in [0.15, 0.2) is 54.9 Å². The zero-order valence-corrected chi connectivity index (χ0v) is 18.3. The van der Waals surface area contributed by atoms with Crippen molar-refractivity contribution in [2.24, 2.45) is 0 Å². The summed E-state index contributed by atoms with van der Waals surface area (Å²) in [4.78, 5) is 33.7. The van der Waals surface area contributed by atoms with Crippen LogP contribution in [0.4, 0.5) is 15.9 Å². The van der Waals surface area contributed by atoms with E-state index in [1.165, 1.54) is 18.3 Å². The van der Waals surface area contributed by atoms with Crippen molar-refractivity contribution in [3.63, 3.8) is 0 Å². The van der Waals surface area contributed by atoms with Gasteiger partial charge in [-0.3, -0.25) is 14.6 Å². The van der Waals surface area contributed by atoms with Gasteiger partial charge in [0.25, 0.3) is 11.8 Å². The number of benzene rings is 1. The minimum Gasteiger partial charge on any atom is -0.320 e. The summed E-state index contributed by atoms with van der Waals surface area (Å²) in [7, 11) is 0. The molecule has 0 bridgehead atoms. The Morgan fingerprint density at radius 2 is 1.88 bits per heavy atom. The number of hydrogen-bond donors (Lipinski definition) is 4. The molecule has 4 rings (SSSR count). The summed E-state index contributed by atoms with van der Waals surface area (Å²) in [6.45, 7) is 2.64. The molecule has 1 fully saturated rings. The molecule has 1 aliphatic rings. The fourth-order valence-corrected chi connectivity index (χ4v) is 3.53. The molecule has 4 N–H and O–H groups in total. The van der Waals surface area contributed by atoms with Gasteiger partial charge in [-0.15, -0.1) is 0 Å². The van der Waals surface area contributed by atoms with Crippen LogP contribution in [-0.4, -0.2) is 41.4 Å². The average Bonchev–Trinajstić information content (AvgIpc) is 3.11. The Bertz CT molecular complexity index is 1130. The lowest BCUT2D eigenvalue weighted by molar-refractivity contribution is 0.102. The molecule has 1 unspecified atom stereocenters. The average molecular weight is 469 g/mol. The van der Waals surface area contributed by atoms with Gasteiger partial charge in [0.05, 0.1) is 16.3 Å². The summed E-state index contributed by atoms with van der Waals surface area (Å²) in [5, 5.41) is 12.4. The zero-order valence-electron chi connectivity index (χ0n) is 17.6. The van der Waals surface area contributed by atoms with Crippen molar-refractivity contribution in [3.8, 4) is 0 Å². The number of hydrogen-bond acceptors (Lipinski definition) is 6. The Kier molecular flexibility index (Phi) is 7.23. The number of rotatable bonds is 5. The molecule has 10 heteroatoms. The molecule has 0 saturated carbocycles. The first-order valence-electron chi connectivity index (χ1n) is 10.4. The Morgan fingerprint density at radius 1 is 1.00 bits per heavy atom. The van der Waals surface area contributed by atoms with Gasteiger partial charge in [0.15, 0.2) is 0 Å². The van der Waals surface area contributed by atoms with Gasteiger partial charge < -0.3 is 21.3 Å². The van der Waals surface area contributed by atoms with Crippen molar-refractivity contribution in [3.05, 3.63) is 82.5 Å². The van der Waals surface area contributed by atoms with Crippen molar-refractivity contribution in [1.29, 1.82) is 0 Å². The van der Waals surface area contributed by atoms with E-state index in [-0.39, 0.29) is 28.8 Å². The smallest absolute Gasteiger partial charge is 0.274 e. The van der Waals surface area contributed by atoms with Crippen LogP contribution in [0.3, 0.4) is 0 Å². The Balaban J connectivity index is 1.48. The molecule has 33 heavy (non-hydrogen) atoms. The van der Waals surface area contributed by atoms with E-state index in [4.69, 9.17) is 11.6 Å². The highest BCUT2D eigenvalue weighted by Gasteiger charge is 2.18. The molecule has 1 saturated heterocycles. The van der Waals surface area contributed by atoms with Crippen molar-refractivity contribution < 1.29 is 14.0 Å². The van der Waals surface area contributed by atoms with Crippen LogP contribution >= 0.6 is 11.6 Å². The molecule has 8 nitrogen and oxygen atoms in total. The van der Waals surface area contributed by atoms with Crippen LogP contribution in [0.1, 0.15) is 38.9 Å². The van der Waals surface area contributed by atoms with E-state index in [0.29, 0.717) is 5.02 Å². The third-order valence-corrected chi connectivity index (χ3v) is 5.36. The van der Waals surface area contributed by atoms with Gasteiger partial charge in [-0.25, -0.2) is 9.37 Å². The minimum atomic E-state index is -0.630. The molecule has 2 aromatic heterocycles. The predicted octanol–water partition coefficient (Wildman–Crippen LogP) is 3.40. The zero-order chi connectivity index (χ0) is 23.2. The second-order valence-electron chi connectivity index (χ2n) is 7.50. The predicted molar refractivity (Wildman–Crippen MR) is 124 cm³/mol. The maximum absolute atomic E-state index is 13.9. The number of pyridine rings is 2. The van der Waals surface area contributed by atoms with E-state index in [0.717, 1.165) is 43.8 Å². The first kappa shape index (κ1) is 22.8. The number of nitrogens with one attached hydrogen (secondary N) is 4. The molecule has 0 aliphatic carbocycles. The molecule has 3 aromatic rings. The summed E-state index contributed by atoms with van der Waals surface area (Å²) in [6.07, 6.45) is 4.08. The highest BCUT2D eigenvalue weighted by Crippen LogP contribution is 2.20. The van der Waals surface area contributed by atoms with E-state index < -0.39 is 17.6 Å². The van der Waals surface area contributed by atoms with Crippen molar-refractivity contribution >= 4 is 34.9 Å². The molecule has 0 radical (unpaired) electrons. The lowest BCUT2D eigenvalue weighted by atomic mass is 10.1. The number of amides is 2. The van der Waals surface area contributed by atoms with Crippen molar-refractivity contribution in [2.45, 2.75) is 12.5 Å². The number of carbonyl (C=O) groups excluding carboxylic acids is 2. The van der Waals surface area contributed by atoms with Gasteiger partial charge in [0.1, 0.15) is 17.3 Å². The Labute approximate surface area is 195 Å². The number of anilines is 2. The van der Waals surface area contributed by atoms with Crippen LogP contribution in [0, 0.1) is 5.82 Å². The molecular weight excluding hydrogens is 447 g/mol. The van der Waals surface area contributed by atoms with E-state index >= 15 is 0 Å². The first-order valence-corrected chi connectivity index (χ1v) is 10.8. The van der Waals surface area contributed by atoms with Crippen LogP contribution in [0.25, 0.3) is 0 Å². The SMILES string of the molecule is O=C(Nc1ccc(F)cc1C(=O)Nc1ccc(Cl)cn1)c1ccc(C2CNCCCN2)cn1. The highest BCUT2D eigenvalue weighted by atomic mass is 35.5. The fourth-order valence-electron chi connectivity index (χ4n) is 3.42. The van der Waals surface area contributed by atoms with E-state index in [1.54, 1.807) is 18.3 Å². The summed E-state index contributed by atoms with van der Waals surface area (Å²) >= 11 is 5.80. The van der Waals surface area contributed by atoms with E-state index in [1.807, 2.05) is 6.07 Å². The lowest BCUT2D eigenvalue weighted by Crippen LogP contribution is -2.27. The lowest BCUT2D eigenvalue weighted by Gasteiger charge is -2.16. The van der Waals surface area contributed by atoms with Crippen molar-refractivity contribution in [2.75, 3.05) is 30.3 Å². The molecule has 2 amide bonds. The fraction of sp³-hybridized carbons (Fsp3) is 0.217. The number of halogens is 2. The third kappa shape index (κ3) is 5.89. The first-order chi connectivity index (χ1) is 16.0. The molecule has 3 heterocycles. The summed E-state index contributed by atoms with van der Waals surface area (Å²) in [5.74, 6) is -1.52. The van der Waals surface area contributed by atoms with Gasteiger partial charge in [-0.2, -0.15) is 0 Å². The van der Waals surface area contributed by atoms with Crippen LogP contribution in [0.5, 0.6) is 0 Å². The van der Waals surface area contributed by atoms with Gasteiger partial charge in [-0.05, 0) is 61.5 Å². The maximum atomic E-state index is 13.9. The standard InChI is InChI=1S/C23H22ClFN6O2/c24-15-3-7-21(29-12-15)31-22(32)17-10-16(25)4-6-18(17)30-23(33)19-5-2-14(11-28-19)20-13-26-8-1-9-27-20/h2-7,10-12,20,26-27H,1,8-9,13H2,(H,30,33)(H,29,31,32). The van der Waals surface area contributed by atoms with Gasteiger partial charge in [0.2, 0.25) is 0 Å². The second-order valence-corrected chi connectivity index (χ2v) is 7.94. The molecule has 1 atom stereocenters. The van der Waals surface area contributed by atoms with Gasteiger partial charge in [0, 0.05) is 25.0 Å². The molecule has 0 spiro atoms. The van der Waals surface area contributed by atoms with E-state index in [2.05, 4.69) is 31.2 Å². The largest absolute Gasteiger partial charge is 0.320 e. The van der Waals surface area contributed by atoms with Gasteiger partial charge >= 0.3 is 0 Å². The normalized spacial score (nSPS) is 16.0. The highest BCUT2D eigenvalue weighted by molar-refractivity contribution is 6.30.